The van der Waals surface area contributed by atoms with Crippen molar-refractivity contribution in [1.82, 2.24) is 10.1 Å². The van der Waals surface area contributed by atoms with Crippen molar-refractivity contribution in [2.24, 2.45) is 0 Å². The van der Waals surface area contributed by atoms with E-state index in [4.69, 9.17) is 27.7 Å². The standard InChI is InChI=1S/C17H20Cl2N2O2/c1-9(16-10(2)20-23-12(16)4)17(22)21(5)11(3)14-7-6-13(18)8-15(14)19/h6-9,11H,1-5H3. The summed E-state index contributed by atoms with van der Waals surface area (Å²) in [6, 6.07) is 5.13. The highest BCUT2D eigenvalue weighted by Crippen LogP contribution is 2.32. The van der Waals surface area contributed by atoms with Crippen LogP contribution in [0, 0.1) is 13.8 Å². The Hall–Kier alpha value is -1.52. The highest BCUT2D eigenvalue weighted by Gasteiger charge is 2.28. The number of hydrogen-bond acceptors (Lipinski definition) is 3. The van der Waals surface area contributed by atoms with Gasteiger partial charge in [0, 0.05) is 22.7 Å². The van der Waals surface area contributed by atoms with Gasteiger partial charge in [-0.05, 0) is 45.4 Å². The van der Waals surface area contributed by atoms with E-state index in [-0.39, 0.29) is 17.9 Å². The van der Waals surface area contributed by atoms with Crippen LogP contribution < -0.4 is 0 Å². The molecule has 1 amide bonds. The van der Waals surface area contributed by atoms with E-state index in [0.29, 0.717) is 15.8 Å². The third-order valence-electron chi connectivity index (χ3n) is 4.23. The third-order valence-corrected chi connectivity index (χ3v) is 4.80. The molecule has 124 valence electrons. The van der Waals surface area contributed by atoms with Crippen molar-refractivity contribution in [3.8, 4) is 0 Å². The Balaban J connectivity index is 2.25. The van der Waals surface area contributed by atoms with Crippen LogP contribution in [0.1, 0.15) is 48.4 Å². The van der Waals surface area contributed by atoms with Gasteiger partial charge in [0.15, 0.2) is 0 Å². The smallest absolute Gasteiger partial charge is 0.230 e. The number of carbonyl (C=O) groups excluding carboxylic acids is 1. The summed E-state index contributed by atoms with van der Waals surface area (Å²) in [6.45, 7) is 7.46. The molecule has 0 N–H and O–H groups in total. The molecule has 0 spiro atoms. The van der Waals surface area contributed by atoms with Crippen LogP contribution in [-0.2, 0) is 4.79 Å². The Kier molecular flexibility index (Phi) is 5.37. The summed E-state index contributed by atoms with van der Waals surface area (Å²) in [6.07, 6.45) is 0. The largest absolute Gasteiger partial charge is 0.361 e. The Bertz CT molecular complexity index is 708. The molecule has 1 aromatic carbocycles. The molecule has 6 heteroatoms. The number of nitrogens with zero attached hydrogens (tertiary/aromatic N) is 2. The van der Waals surface area contributed by atoms with Gasteiger partial charge in [-0.2, -0.15) is 0 Å². The second kappa shape index (κ2) is 6.93. The summed E-state index contributed by atoms with van der Waals surface area (Å²) in [4.78, 5) is 14.5. The van der Waals surface area contributed by atoms with Crippen LogP contribution in [-0.4, -0.2) is 23.0 Å². The van der Waals surface area contributed by atoms with E-state index < -0.39 is 0 Å². The molecule has 0 aliphatic heterocycles. The Morgan fingerprint density at radius 1 is 1.26 bits per heavy atom. The first-order valence-corrected chi connectivity index (χ1v) is 8.14. The topological polar surface area (TPSA) is 46.3 Å². The number of hydrogen-bond donors (Lipinski definition) is 0. The highest BCUT2D eigenvalue weighted by molar-refractivity contribution is 6.35. The molecular formula is C17H20Cl2N2O2. The quantitative estimate of drug-likeness (QED) is 0.782. The molecule has 2 unspecified atom stereocenters. The molecule has 0 aliphatic carbocycles. The minimum absolute atomic E-state index is 0.0158. The zero-order valence-corrected chi connectivity index (χ0v) is 15.4. The molecule has 1 aromatic heterocycles. The molecule has 0 saturated heterocycles. The highest BCUT2D eigenvalue weighted by atomic mass is 35.5. The average molecular weight is 355 g/mol. The van der Waals surface area contributed by atoms with Gasteiger partial charge in [0.1, 0.15) is 5.76 Å². The second-order valence-electron chi connectivity index (χ2n) is 5.75. The fraction of sp³-hybridized carbons (Fsp3) is 0.412. The van der Waals surface area contributed by atoms with E-state index in [2.05, 4.69) is 5.16 Å². The molecule has 0 aliphatic rings. The van der Waals surface area contributed by atoms with Crippen LogP contribution in [0.2, 0.25) is 10.0 Å². The van der Waals surface area contributed by atoms with Gasteiger partial charge in [0.2, 0.25) is 5.91 Å². The molecule has 0 fully saturated rings. The second-order valence-corrected chi connectivity index (χ2v) is 6.59. The lowest BCUT2D eigenvalue weighted by atomic mass is 9.97. The maximum atomic E-state index is 12.8. The minimum atomic E-state index is -0.334. The van der Waals surface area contributed by atoms with E-state index in [0.717, 1.165) is 16.8 Å². The van der Waals surface area contributed by atoms with Crippen LogP contribution in [0.15, 0.2) is 22.7 Å². The number of carbonyl (C=O) groups is 1. The van der Waals surface area contributed by atoms with Crippen molar-refractivity contribution in [2.75, 3.05) is 7.05 Å². The minimum Gasteiger partial charge on any atom is -0.361 e. The summed E-state index contributed by atoms with van der Waals surface area (Å²) >= 11 is 12.2. The molecule has 2 rings (SSSR count). The number of amides is 1. The average Bonchev–Trinajstić information content (AvgIpc) is 2.83. The Labute approximate surface area is 146 Å². The predicted molar refractivity (Wildman–Crippen MR) is 92.0 cm³/mol. The van der Waals surface area contributed by atoms with Crippen molar-refractivity contribution in [3.63, 3.8) is 0 Å². The molecule has 1 heterocycles. The first-order valence-electron chi connectivity index (χ1n) is 7.38. The van der Waals surface area contributed by atoms with Crippen molar-refractivity contribution in [3.05, 3.63) is 50.8 Å². The lowest BCUT2D eigenvalue weighted by Crippen LogP contribution is -2.33. The van der Waals surface area contributed by atoms with Gasteiger partial charge in [0.25, 0.3) is 0 Å². The van der Waals surface area contributed by atoms with Crippen LogP contribution in [0.3, 0.4) is 0 Å². The Morgan fingerprint density at radius 3 is 2.43 bits per heavy atom. The number of rotatable bonds is 4. The fourth-order valence-electron chi connectivity index (χ4n) is 2.78. The van der Waals surface area contributed by atoms with Crippen molar-refractivity contribution in [2.45, 2.75) is 39.7 Å². The number of likely N-dealkylation sites (N-methyl/N-ethyl adjacent to an activating group) is 1. The number of aromatic nitrogens is 1. The van der Waals surface area contributed by atoms with Crippen molar-refractivity contribution < 1.29 is 9.32 Å². The van der Waals surface area contributed by atoms with E-state index in [1.165, 1.54) is 0 Å². The van der Waals surface area contributed by atoms with Gasteiger partial charge in [-0.3, -0.25) is 4.79 Å². The number of halogens is 2. The molecule has 0 bridgehead atoms. The third kappa shape index (κ3) is 3.54. The zero-order valence-electron chi connectivity index (χ0n) is 13.9. The molecule has 0 radical (unpaired) electrons. The van der Waals surface area contributed by atoms with Gasteiger partial charge in [-0.15, -0.1) is 0 Å². The van der Waals surface area contributed by atoms with Crippen LogP contribution in [0.4, 0.5) is 0 Å². The van der Waals surface area contributed by atoms with Crippen LogP contribution in [0.25, 0.3) is 0 Å². The molecular weight excluding hydrogens is 335 g/mol. The summed E-state index contributed by atoms with van der Waals surface area (Å²) in [5.74, 6) is 0.326. The summed E-state index contributed by atoms with van der Waals surface area (Å²) in [7, 11) is 1.77. The van der Waals surface area contributed by atoms with Gasteiger partial charge in [0.05, 0.1) is 17.7 Å². The first-order chi connectivity index (χ1) is 10.7. The molecule has 23 heavy (non-hydrogen) atoms. The molecule has 0 saturated carbocycles. The maximum absolute atomic E-state index is 12.8. The first kappa shape index (κ1) is 17.8. The fourth-order valence-corrected chi connectivity index (χ4v) is 3.34. The van der Waals surface area contributed by atoms with Gasteiger partial charge < -0.3 is 9.42 Å². The van der Waals surface area contributed by atoms with E-state index in [9.17, 15) is 4.79 Å². The molecule has 4 nitrogen and oxygen atoms in total. The summed E-state index contributed by atoms with van der Waals surface area (Å²) < 4.78 is 5.17. The summed E-state index contributed by atoms with van der Waals surface area (Å²) in [5.41, 5.74) is 2.45. The predicted octanol–water partition coefficient (Wildman–Crippen LogP) is 4.92. The van der Waals surface area contributed by atoms with Crippen LogP contribution >= 0.6 is 23.2 Å². The van der Waals surface area contributed by atoms with E-state index >= 15 is 0 Å². The van der Waals surface area contributed by atoms with Crippen LogP contribution in [0.5, 0.6) is 0 Å². The molecule has 2 atom stereocenters. The number of aryl methyl sites for hydroxylation is 2. The SMILES string of the molecule is Cc1noc(C)c1C(C)C(=O)N(C)C(C)c1ccc(Cl)cc1Cl. The lowest BCUT2D eigenvalue weighted by Gasteiger charge is -2.28. The van der Waals surface area contributed by atoms with E-state index in [1.54, 1.807) is 24.1 Å². The normalized spacial score (nSPS) is 13.7. The Morgan fingerprint density at radius 2 is 1.91 bits per heavy atom. The van der Waals surface area contributed by atoms with Crippen molar-refractivity contribution >= 4 is 29.1 Å². The van der Waals surface area contributed by atoms with Gasteiger partial charge >= 0.3 is 0 Å². The maximum Gasteiger partial charge on any atom is 0.230 e. The summed E-state index contributed by atoms with van der Waals surface area (Å²) in [5, 5.41) is 5.05. The monoisotopic (exact) mass is 354 g/mol. The molecule has 2 aromatic rings. The van der Waals surface area contributed by atoms with Gasteiger partial charge in [-0.1, -0.05) is 34.4 Å². The van der Waals surface area contributed by atoms with E-state index in [1.807, 2.05) is 33.8 Å². The lowest BCUT2D eigenvalue weighted by molar-refractivity contribution is -0.133. The van der Waals surface area contributed by atoms with Crippen molar-refractivity contribution in [1.29, 1.82) is 0 Å². The zero-order chi connectivity index (χ0) is 17.3. The van der Waals surface area contributed by atoms with Gasteiger partial charge in [-0.25, -0.2) is 0 Å². The number of benzene rings is 1.